The number of Topliss-reactive ketones (excluding diaryl/α,β-unsaturated/α-hetero) is 1. The second-order valence-electron chi connectivity index (χ2n) is 6.40. The number of carbonyl (C=O) groups is 2. The summed E-state index contributed by atoms with van der Waals surface area (Å²) in [5, 5.41) is 9.99. The average Bonchev–Trinajstić information content (AvgIpc) is 3.05. The van der Waals surface area contributed by atoms with Crippen LogP contribution in [0.25, 0.3) is 11.3 Å². The van der Waals surface area contributed by atoms with E-state index >= 15 is 0 Å². The number of amides is 1. The molecule has 2 aromatic carbocycles. The molecule has 0 saturated carbocycles. The molecule has 1 amide bonds. The Morgan fingerprint density at radius 2 is 1.81 bits per heavy atom. The van der Waals surface area contributed by atoms with Crippen molar-refractivity contribution in [3.8, 4) is 11.3 Å². The third-order valence-corrected chi connectivity index (χ3v) is 5.11. The van der Waals surface area contributed by atoms with Gasteiger partial charge in [-0.1, -0.05) is 57.9 Å². The lowest BCUT2D eigenvalue weighted by Crippen LogP contribution is -2.27. The minimum absolute atomic E-state index is 0.0802. The van der Waals surface area contributed by atoms with Crippen LogP contribution in [0.3, 0.4) is 0 Å². The van der Waals surface area contributed by atoms with Gasteiger partial charge in [-0.3, -0.25) is 14.7 Å². The van der Waals surface area contributed by atoms with Gasteiger partial charge in [-0.25, -0.2) is 0 Å². The number of hydrogen-bond acceptors (Lipinski definition) is 3. The molecule has 3 aromatic rings. The number of anilines is 1. The lowest BCUT2D eigenvalue weighted by atomic mass is 9.84. The number of rotatable bonds is 3. The van der Waals surface area contributed by atoms with Crippen molar-refractivity contribution in [3.63, 3.8) is 0 Å². The Bertz CT molecular complexity index is 991. The van der Waals surface area contributed by atoms with E-state index in [1.54, 1.807) is 12.1 Å². The maximum Gasteiger partial charge on any atom is 0.226 e. The largest absolute Gasteiger partial charge is 0.309 e. The molecule has 0 saturated heterocycles. The highest BCUT2D eigenvalue weighted by Gasteiger charge is 2.35. The van der Waals surface area contributed by atoms with E-state index in [4.69, 9.17) is 0 Å². The van der Waals surface area contributed by atoms with Gasteiger partial charge in [-0.15, -0.1) is 0 Å². The fourth-order valence-electron chi connectivity index (χ4n) is 3.24. The number of ketones is 1. The minimum Gasteiger partial charge on any atom is -0.309 e. The van der Waals surface area contributed by atoms with Crippen LogP contribution in [0, 0.1) is 6.92 Å². The molecule has 1 aliphatic rings. The summed E-state index contributed by atoms with van der Waals surface area (Å²) in [5.74, 6) is -0.402. The molecule has 1 aliphatic heterocycles. The zero-order valence-electron chi connectivity index (χ0n) is 14.0. The van der Waals surface area contributed by atoms with Crippen LogP contribution in [0.1, 0.15) is 33.8 Å². The molecule has 130 valence electrons. The second-order valence-corrected chi connectivity index (χ2v) is 7.32. The predicted octanol–water partition coefficient (Wildman–Crippen LogP) is 4.46. The van der Waals surface area contributed by atoms with Crippen LogP contribution < -0.4 is 5.32 Å². The van der Waals surface area contributed by atoms with Gasteiger partial charge in [0, 0.05) is 22.0 Å². The van der Waals surface area contributed by atoms with Gasteiger partial charge < -0.3 is 5.32 Å². The van der Waals surface area contributed by atoms with Gasteiger partial charge in [0.15, 0.2) is 11.6 Å². The van der Waals surface area contributed by atoms with Crippen LogP contribution in [0.4, 0.5) is 5.82 Å². The van der Waals surface area contributed by atoms with Crippen molar-refractivity contribution in [3.05, 3.63) is 69.7 Å². The van der Waals surface area contributed by atoms with Gasteiger partial charge >= 0.3 is 0 Å². The molecular weight excluding hydrogens is 394 g/mol. The van der Waals surface area contributed by atoms with E-state index in [0.717, 1.165) is 26.9 Å². The first-order valence-corrected chi connectivity index (χ1v) is 9.07. The van der Waals surface area contributed by atoms with Crippen molar-refractivity contribution in [2.75, 3.05) is 5.32 Å². The summed E-state index contributed by atoms with van der Waals surface area (Å²) < 4.78 is 0.903. The first-order valence-electron chi connectivity index (χ1n) is 8.28. The molecule has 4 rings (SSSR count). The maximum absolute atomic E-state index is 13.1. The van der Waals surface area contributed by atoms with Crippen LogP contribution in [-0.4, -0.2) is 21.9 Å². The zero-order valence-corrected chi connectivity index (χ0v) is 15.6. The minimum atomic E-state index is -0.560. The van der Waals surface area contributed by atoms with Crippen molar-refractivity contribution in [1.82, 2.24) is 10.2 Å². The third-order valence-electron chi connectivity index (χ3n) is 4.59. The van der Waals surface area contributed by atoms with E-state index in [0.29, 0.717) is 11.4 Å². The van der Waals surface area contributed by atoms with E-state index < -0.39 is 5.92 Å². The van der Waals surface area contributed by atoms with Crippen molar-refractivity contribution >= 4 is 33.4 Å². The third kappa shape index (κ3) is 2.97. The molecule has 0 unspecified atom stereocenters. The van der Waals surface area contributed by atoms with Crippen LogP contribution in [0.5, 0.6) is 0 Å². The molecular formula is C20H16BrN3O2. The summed E-state index contributed by atoms with van der Waals surface area (Å²) in [5.41, 5.74) is 4.19. The summed E-state index contributed by atoms with van der Waals surface area (Å²) in [7, 11) is 0. The molecule has 26 heavy (non-hydrogen) atoms. The second kappa shape index (κ2) is 6.53. The molecule has 0 radical (unpaired) electrons. The van der Waals surface area contributed by atoms with E-state index in [2.05, 4.69) is 31.4 Å². The van der Waals surface area contributed by atoms with E-state index in [1.165, 1.54) is 0 Å². The summed E-state index contributed by atoms with van der Waals surface area (Å²) >= 11 is 3.38. The number of H-pyrrole nitrogens is 1. The summed E-state index contributed by atoms with van der Waals surface area (Å²) in [6, 6.07) is 15.2. The van der Waals surface area contributed by atoms with E-state index in [9.17, 15) is 9.59 Å². The Hall–Kier alpha value is -2.73. The number of aryl methyl sites for hydroxylation is 1. The maximum atomic E-state index is 13.1. The standard InChI is InChI=1S/C20H16BrN3O2/c1-11-2-4-12(5-3-11)18-17-15(10-16(25)22-20(17)24-23-18)19(26)13-6-8-14(21)9-7-13/h2-9,15H,10H2,1H3,(H2,22,23,24,25)/t15-/m1/s1. The number of aromatic nitrogens is 2. The van der Waals surface area contributed by atoms with Crippen LogP contribution in [0.15, 0.2) is 53.0 Å². The highest BCUT2D eigenvalue weighted by atomic mass is 79.9. The van der Waals surface area contributed by atoms with Gasteiger partial charge in [0.2, 0.25) is 5.91 Å². The zero-order chi connectivity index (χ0) is 18.3. The molecule has 1 atom stereocenters. The smallest absolute Gasteiger partial charge is 0.226 e. The van der Waals surface area contributed by atoms with E-state index in [1.807, 2.05) is 43.3 Å². The van der Waals surface area contributed by atoms with Crippen molar-refractivity contribution in [2.24, 2.45) is 0 Å². The summed E-state index contributed by atoms with van der Waals surface area (Å²) in [4.78, 5) is 25.2. The normalized spacial score (nSPS) is 16.1. The number of carbonyl (C=O) groups excluding carboxylic acids is 2. The van der Waals surface area contributed by atoms with Crippen LogP contribution in [-0.2, 0) is 4.79 Å². The number of fused-ring (bicyclic) bond motifs is 1. The van der Waals surface area contributed by atoms with Gasteiger partial charge in [-0.2, -0.15) is 5.10 Å². The molecule has 2 N–H and O–H groups in total. The number of aromatic amines is 1. The number of nitrogens with one attached hydrogen (secondary N) is 2. The lowest BCUT2D eigenvalue weighted by molar-refractivity contribution is -0.116. The fraction of sp³-hybridized carbons (Fsp3) is 0.150. The number of halogens is 1. The first-order chi connectivity index (χ1) is 12.5. The van der Waals surface area contributed by atoms with Gasteiger partial charge in [0.05, 0.1) is 11.6 Å². The number of benzene rings is 2. The molecule has 0 bridgehead atoms. The van der Waals surface area contributed by atoms with Crippen LogP contribution >= 0.6 is 15.9 Å². The Morgan fingerprint density at radius 3 is 2.50 bits per heavy atom. The summed E-state index contributed by atoms with van der Waals surface area (Å²) in [6.07, 6.45) is 0.111. The molecule has 2 heterocycles. The lowest BCUT2D eigenvalue weighted by Gasteiger charge is -2.22. The molecule has 1 aromatic heterocycles. The Kier molecular flexibility index (Phi) is 4.20. The molecule has 0 aliphatic carbocycles. The molecule has 5 nitrogen and oxygen atoms in total. The number of hydrogen-bond donors (Lipinski definition) is 2. The Morgan fingerprint density at radius 1 is 1.12 bits per heavy atom. The predicted molar refractivity (Wildman–Crippen MR) is 103 cm³/mol. The highest BCUT2D eigenvalue weighted by Crippen LogP contribution is 2.39. The Balaban J connectivity index is 1.80. The van der Waals surface area contributed by atoms with Crippen molar-refractivity contribution in [1.29, 1.82) is 0 Å². The molecule has 6 heteroatoms. The van der Waals surface area contributed by atoms with Crippen LogP contribution in [0.2, 0.25) is 0 Å². The Labute approximate surface area is 159 Å². The highest BCUT2D eigenvalue weighted by molar-refractivity contribution is 9.10. The monoisotopic (exact) mass is 409 g/mol. The van der Waals surface area contributed by atoms with Gasteiger partial charge in [-0.05, 0) is 24.6 Å². The molecule has 0 fully saturated rings. The van der Waals surface area contributed by atoms with Crippen molar-refractivity contribution in [2.45, 2.75) is 19.3 Å². The quantitative estimate of drug-likeness (QED) is 0.627. The van der Waals surface area contributed by atoms with E-state index in [-0.39, 0.29) is 18.1 Å². The first kappa shape index (κ1) is 16.7. The average molecular weight is 410 g/mol. The van der Waals surface area contributed by atoms with Gasteiger partial charge in [0.1, 0.15) is 0 Å². The summed E-state index contributed by atoms with van der Waals surface area (Å²) in [6.45, 7) is 2.02. The van der Waals surface area contributed by atoms with Crippen molar-refractivity contribution < 1.29 is 9.59 Å². The number of nitrogens with zero attached hydrogens (tertiary/aromatic N) is 1. The SMILES string of the molecule is Cc1ccc(-c2[nH]nc3c2[C@H](C(=O)c2ccc(Br)cc2)CC(=O)N3)cc1. The molecule has 0 spiro atoms. The fourth-order valence-corrected chi connectivity index (χ4v) is 3.50. The topological polar surface area (TPSA) is 74.8 Å². The van der Waals surface area contributed by atoms with Gasteiger partial charge in [0.25, 0.3) is 0 Å².